The Bertz CT molecular complexity index is 2160. The van der Waals surface area contributed by atoms with E-state index < -0.39 is 22.5 Å². The zero-order valence-electron chi connectivity index (χ0n) is 29.2. The summed E-state index contributed by atoms with van der Waals surface area (Å²) in [4.78, 5) is 81.2. The Labute approximate surface area is 288 Å². The molecular weight excluding hydrogens is 640 g/mol. The number of benzene rings is 2. The van der Waals surface area contributed by atoms with E-state index in [2.05, 4.69) is 15.0 Å². The summed E-state index contributed by atoms with van der Waals surface area (Å²) in [5.41, 5.74) is 3.89. The molecule has 2 aromatic heterocycles. The summed E-state index contributed by atoms with van der Waals surface area (Å²) in [6.45, 7) is 11.1. The average molecular weight is 685 g/mol. The number of aliphatic hydroxyl groups excluding tert-OH is 2. The van der Waals surface area contributed by atoms with Crippen LogP contribution in [0.4, 0.5) is 0 Å². The van der Waals surface area contributed by atoms with E-state index in [9.17, 15) is 39.0 Å². The van der Waals surface area contributed by atoms with E-state index in [0.717, 1.165) is 27.8 Å². The summed E-state index contributed by atoms with van der Waals surface area (Å²) in [5.74, 6) is -1.00. The zero-order valence-corrected chi connectivity index (χ0v) is 29.2. The van der Waals surface area contributed by atoms with Crippen molar-refractivity contribution in [2.75, 3.05) is 13.2 Å². The highest BCUT2D eigenvalue weighted by molar-refractivity contribution is 6.09. The average Bonchev–Trinajstić information content (AvgIpc) is 3.46. The molecule has 0 spiro atoms. The molecule has 0 saturated heterocycles. The number of nitrogens with zero attached hydrogens (tertiary/aromatic N) is 1. The van der Waals surface area contributed by atoms with Gasteiger partial charge in [0.25, 0.3) is 11.1 Å². The lowest BCUT2D eigenvalue weighted by Crippen LogP contribution is -2.37. The standard InChI is InChI=1S/C23H28N2O5.C15H16N2O3/c1-4-19-20(21(28)16-6-13(2)5-14(3)7-16)25(23(30)24-22(19)29)10-15-8-17(11-26)18(9-15)12-27;1-4-11-12(16-15(20)17-14(11)19)13(18)10-6-8(2)5-9(3)7-10/h5-8,17-18,26-27H,4,9-12H2,1-3H3,(H,24,29,30);5-7H,4H2,1-3H3,(H2,16,17,19,20). The van der Waals surface area contributed by atoms with Gasteiger partial charge in [0.15, 0.2) is 0 Å². The predicted molar refractivity (Wildman–Crippen MR) is 190 cm³/mol. The topological polar surface area (TPSA) is 195 Å². The first-order chi connectivity index (χ1) is 23.7. The largest absolute Gasteiger partial charge is 0.396 e. The van der Waals surface area contributed by atoms with Gasteiger partial charge in [-0.15, -0.1) is 0 Å². The fourth-order valence-electron chi connectivity index (χ4n) is 6.60. The number of ketones is 2. The highest BCUT2D eigenvalue weighted by atomic mass is 16.3. The minimum atomic E-state index is -0.667. The first-order valence-corrected chi connectivity index (χ1v) is 16.6. The van der Waals surface area contributed by atoms with Crippen LogP contribution in [0.1, 0.15) is 85.8 Å². The van der Waals surface area contributed by atoms with Crippen molar-refractivity contribution in [2.24, 2.45) is 11.8 Å². The Morgan fingerprint density at radius 1 is 0.720 bits per heavy atom. The highest BCUT2D eigenvalue weighted by Gasteiger charge is 2.29. The van der Waals surface area contributed by atoms with Crippen molar-refractivity contribution in [3.8, 4) is 0 Å². The number of hydrogen-bond donors (Lipinski definition) is 5. The molecule has 0 amide bonds. The first kappa shape index (κ1) is 37.6. The summed E-state index contributed by atoms with van der Waals surface area (Å²) >= 11 is 0. The summed E-state index contributed by atoms with van der Waals surface area (Å²) in [6, 6.07) is 10.9. The maximum atomic E-state index is 13.5. The van der Waals surface area contributed by atoms with Gasteiger partial charge in [0.1, 0.15) is 5.69 Å². The number of aliphatic hydroxyl groups is 2. The van der Waals surface area contributed by atoms with E-state index >= 15 is 0 Å². The van der Waals surface area contributed by atoms with E-state index in [-0.39, 0.29) is 60.1 Å². The van der Waals surface area contributed by atoms with Crippen LogP contribution in [0, 0.1) is 39.5 Å². The molecule has 1 aliphatic carbocycles. The monoisotopic (exact) mass is 684 g/mol. The molecule has 12 heteroatoms. The van der Waals surface area contributed by atoms with Crippen molar-refractivity contribution >= 4 is 11.6 Å². The van der Waals surface area contributed by atoms with Crippen LogP contribution in [0.3, 0.4) is 0 Å². The quantitative estimate of drug-likeness (QED) is 0.124. The normalized spacial score (nSPS) is 15.3. The van der Waals surface area contributed by atoms with Crippen molar-refractivity contribution in [2.45, 2.75) is 67.3 Å². The molecule has 0 fully saturated rings. The van der Waals surface area contributed by atoms with Crippen molar-refractivity contribution in [1.82, 2.24) is 19.5 Å². The van der Waals surface area contributed by atoms with Crippen LogP contribution in [-0.2, 0) is 19.4 Å². The number of rotatable bonds is 10. The van der Waals surface area contributed by atoms with Crippen LogP contribution in [-0.4, -0.2) is 54.5 Å². The molecule has 5 rings (SSSR count). The minimum absolute atomic E-state index is 0.0691. The molecular formula is C38H44N4O8. The Balaban J connectivity index is 0.000000244. The van der Waals surface area contributed by atoms with Gasteiger partial charge in [-0.3, -0.25) is 33.7 Å². The van der Waals surface area contributed by atoms with E-state index in [1.165, 1.54) is 4.57 Å². The number of H-pyrrole nitrogens is 3. The van der Waals surface area contributed by atoms with E-state index in [1.54, 1.807) is 38.1 Å². The molecule has 264 valence electrons. The maximum absolute atomic E-state index is 13.5. The van der Waals surface area contributed by atoms with E-state index in [4.69, 9.17) is 0 Å². The Morgan fingerprint density at radius 3 is 1.72 bits per heavy atom. The number of carbonyl (C=O) groups excluding carboxylic acids is 2. The molecule has 0 aliphatic heterocycles. The second-order valence-electron chi connectivity index (χ2n) is 12.9. The van der Waals surface area contributed by atoms with Crippen LogP contribution in [0.2, 0.25) is 0 Å². The molecule has 2 heterocycles. The van der Waals surface area contributed by atoms with Gasteiger partial charge in [-0.1, -0.05) is 59.9 Å². The number of allylic oxidation sites excluding steroid dienone is 1. The van der Waals surface area contributed by atoms with Crippen molar-refractivity contribution in [1.29, 1.82) is 0 Å². The molecule has 4 aromatic rings. The summed E-state index contributed by atoms with van der Waals surface area (Å²) in [5, 5.41) is 19.1. The van der Waals surface area contributed by atoms with Crippen LogP contribution < -0.4 is 22.5 Å². The Kier molecular flexibility index (Phi) is 12.0. The van der Waals surface area contributed by atoms with Crippen LogP contribution in [0.25, 0.3) is 0 Å². The van der Waals surface area contributed by atoms with Gasteiger partial charge in [0, 0.05) is 47.9 Å². The van der Waals surface area contributed by atoms with Gasteiger partial charge in [-0.25, -0.2) is 9.59 Å². The molecule has 1 aliphatic rings. The number of hydrogen-bond acceptors (Lipinski definition) is 8. The third-order valence-electron chi connectivity index (χ3n) is 8.84. The molecule has 0 radical (unpaired) electrons. The zero-order chi connectivity index (χ0) is 36.9. The van der Waals surface area contributed by atoms with Gasteiger partial charge in [-0.05, 0) is 77.1 Å². The SMILES string of the molecule is CCc1c(C(=O)c2cc(C)cc(C)c2)[nH]c(=O)[nH]c1=O.CCc1c(C(=O)c2cc(C)cc(C)c2)n(CC2=CC(CO)C(CO)C2)c(=O)[nH]c1=O. The van der Waals surface area contributed by atoms with Gasteiger partial charge < -0.3 is 15.2 Å². The number of aromatic amines is 3. The van der Waals surface area contributed by atoms with Crippen molar-refractivity contribution < 1.29 is 19.8 Å². The molecule has 0 bridgehead atoms. The fraction of sp³-hybridized carbons (Fsp3) is 0.368. The molecule has 12 nitrogen and oxygen atoms in total. The molecule has 50 heavy (non-hydrogen) atoms. The summed E-state index contributed by atoms with van der Waals surface area (Å²) in [7, 11) is 0. The maximum Gasteiger partial charge on any atom is 0.329 e. The third-order valence-corrected chi connectivity index (χ3v) is 8.84. The number of nitrogens with one attached hydrogen (secondary N) is 3. The number of aromatic nitrogens is 4. The van der Waals surface area contributed by atoms with Gasteiger partial charge in [-0.2, -0.15) is 0 Å². The highest BCUT2D eigenvalue weighted by Crippen LogP contribution is 2.31. The smallest absolute Gasteiger partial charge is 0.329 e. The van der Waals surface area contributed by atoms with Crippen molar-refractivity contribution in [3.05, 3.63) is 146 Å². The van der Waals surface area contributed by atoms with Gasteiger partial charge in [0.2, 0.25) is 11.6 Å². The Hall–Kier alpha value is -5.20. The van der Waals surface area contributed by atoms with Gasteiger partial charge >= 0.3 is 11.4 Å². The minimum Gasteiger partial charge on any atom is -0.396 e. The second-order valence-corrected chi connectivity index (χ2v) is 12.9. The van der Waals surface area contributed by atoms with Crippen LogP contribution in [0.5, 0.6) is 0 Å². The fourth-order valence-corrected chi connectivity index (χ4v) is 6.60. The molecule has 0 saturated carbocycles. The summed E-state index contributed by atoms with van der Waals surface area (Å²) in [6.07, 6.45) is 3.05. The second kappa shape index (κ2) is 16.0. The van der Waals surface area contributed by atoms with Crippen molar-refractivity contribution in [3.63, 3.8) is 0 Å². The third kappa shape index (κ3) is 8.32. The Morgan fingerprint density at radius 2 is 1.24 bits per heavy atom. The lowest BCUT2D eigenvalue weighted by atomic mass is 9.97. The molecule has 2 unspecified atom stereocenters. The lowest BCUT2D eigenvalue weighted by Gasteiger charge is -2.16. The van der Waals surface area contributed by atoms with Crippen LogP contribution >= 0.6 is 0 Å². The number of carbonyl (C=O) groups is 2. The van der Waals surface area contributed by atoms with Gasteiger partial charge in [0.05, 0.1) is 5.69 Å². The molecule has 2 atom stereocenters. The van der Waals surface area contributed by atoms with E-state index in [0.29, 0.717) is 36.0 Å². The molecule has 2 aromatic carbocycles. The van der Waals surface area contributed by atoms with E-state index in [1.807, 2.05) is 45.9 Å². The summed E-state index contributed by atoms with van der Waals surface area (Å²) < 4.78 is 1.32. The molecule has 5 N–H and O–H groups in total. The lowest BCUT2D eigenvalue weighted by molar-refractivity contribution is 0.102. The first-order valence-electron chi connectivity index (χ1n) is 16.6. The predicted octanol–water partition coefficient (Wildman–Crippen LogP) is 2.97. The van der Waals surface area contributed by atoms with Crippen LogP contribution in [0.15, 0.2) is 67.2 Å². The number of aryl methyl sites for hydroxylation is 4.